The molecule has 0 radical (unpaired) electrons. The highest BCUT2D eigenvalue weighted by Crippen LogP contribution is 2.28. The van der Waals surface area contributed by atoms with Gasteiger partial charge in [0.1, 0.15) is 18.5 Å². The number of methoxy groups -OCH3 is 2. The van der Waals surface area contributed by atoms with Crippen molar-refractivity contribution in [1.29, 1.82) is 0 Å². The van der Waals surface area contributed by atoms with Crippen molar-refractivity contribution in [3.63, 3.8) is 0 Å². The smallest absolute Gasteiger partial charge is 0.161 e. The molecule has 0 amide bonds. The number of piperazine rings is 1. The molecule has 2 aromatic rings. The van der Waals surface area contributed by atoms with Gasteiger partial charge in [-0.2, -0.15) is 0 Å². The van der Waals surface area contributed by atoms with E-state index in [4.69, 9.17) is 14.2 Å². The first-order valence-corrected chi connectivity index (χ1v) is 9.25. The van der Waals surface area contributed by atoms with Gasteiger partial charge >= 0.3 is 0 Å². The lowest BCUT2D eigenvalue weighted by atomic mass is 10.2. The number of para-hydroxylation sites is 4. The summed E-state index contributed by atoms with van der Waals surface area (Å²) in [6.07, 6.45) is -0.548. The molecule has 1 aliphatic rings. The van der Waals surface area contributed by atoms with E-state index in [1.165, 1.54) is 0 Å². The van der Waals surface area contributed by atoms with Gasteiger partial charge in [-0.25, -0.2) is 0 Å². The van der Waals surface area contributed by atoms with Gasteiger partial charge in [-0.15, -0.1) is 0 Å². The Morgan fingerprint density at radius 1 is 0.852 bits per heavy atom. The zero-order valence-corrected chi connectivity index (χ0v) is 16.0. The number of ether oxygens (including phenoxy) is 3. The topological polar surface area (TPSA) is 54.4 Å². The largest absolute Gasteiger partial charge is 0.495 e. The highest BCUT2D eigenvalue weighted by Gasteiger charge is 2.21. The maximum absolute atomic E-state index is 10.4. The molecule has 27 heavy (non-hydrogen) atoms. The van der Waals surface area contributed by atoms with Crippen LogP contribution in [0.4, 0.5) is 5.69 Å². The van der Waals surface area contributed by atoms with Crippen molar-refractivity contribution in [3.05, 3.63) is 48.5 Å². The van der Waals surface area contributed by atoms with Crippen molar-refractivity contribution in [2.24, 2.45) is 0 Å². The van der Waals surface area contributed by atoms with Gasteiger partial charge in [-0.1, -0.05) is 24.3 Å². The zero-order chi connectivity index (χ0) is 19.1. The van der Waals surface area contributed by atoms with Crippen LogP contribution in [0.5, 0.6) is 17.2 Å². The van der Waals surface area contributed by atoms with Gasteiger partial charge in [0.05, 0.1) is 19.9 Å². The number of β-amino-alcohol motifs (C(OH)–C–C–N with tert-alkyl or cyclic N) is 1. The van der Waals surface area contributed by atoms with E-state index in [-0.39, 0.29) is 6.61 Å². The van der Waals surface area contributed by atoms with Gasteiger partial charge in [0.25, 0.3) is 0 Å². The highest BCUT2D eigenvalue weighted by molar-refractivity contribution is 5.58. The Labute approximate surface area is 160 Å². The van der Waals surface area contributed by atoms with Crippen LogP contribution in [0.1, 0.15) is 0 Å². The molecule has 0 bridgehead atoms. The van der Waals surface area contributed by atoms with Crippen LogP contribution in [0.15, 0.2) is 48.5 Å². The predicted molar refractivity (Wildman–Crippen MR) is 106 cm³/mol. The Bertz CT molecular complexity index is 717. The lowest BCUT2D eigenvalue weighted by Crippen LogP contribution is -2.49. The van der Waals surface area contributed by atoms with E-state index in [2.05, 4.69) is 15.9 Å². The van der Waals surface area contributed by atoms with Gasteiger partial charge in [0.2, 0.25) is 0 Å². The maximum Gasteiger partial charge on any atom is 0.161 e. The second kappa shape index (κ2) is 9.48. The fourth-order valence-electron chi connectivity index (χ4n) is 3.34. The van der Waals surface area contributed by atoms with E-state index in [9.17, 15) is 5.11 Å². The van der Waals surface area contributed by atoms with E-state index >= 15 is 0 Å². The second-order valence-electron chi connectivity index (χ2n) is 6.58. The Hall–Kier alpha value is -2.44. The zero-order valence-electron chi connectivity index (χ0n) is 16.0. The minimum Gasteiger partial charge on any atom is -0.495 e. The third-order valence-electron chi connectivity index (χ3n) is 4.77. The first-order valence-electron chi connectivity index (χ1n) is 9.25. The number of hydrogen-bond acceptors (Lipinski definition) is 6. The molecule has 1 N–H and O–H groups in total. The Morgan fingerprint density at radius 2 is 1.44 bits per heavy atom. The molecule has 6 nitrogen and oxygen atoms in total. The maximum atomic E-state index is 10.4. The summed E-state index contributed by atoms with van der Waals surface area (Å²) in [5.41, 5.74) is 1.12. The summed E-state index contributed by atoms with van der Waals surface area (Å²) >= 11 is 0. The van der Waals surface area contributed by atoms with Crippen LogP contribution < -0.4 is 19.1 Å². The van der Waals surface area contributed by atoms with Gasteiger partial charge in [0.15, 0.2) is 11.5 Å². The van der Waals surface area contributed by atoms with Crippen molar-refractivity contribution in [2.75, 3.05) is 58.5 Å². The minimum atomic E-state index is -0.548. The molecule has 146 valence electrons. The average molecular weight is 372 g/mol. The third kappa shape index (κ3) is 5.05. The molecule has 0 spiro atoms. The number of nitrogens with zero attached hydrogens (tertiary/aromatic N) is 2. The molecule has 2 aromatic carbocycles. The third-order valence-corrected chi connectivity index (χ3v) is 4.77. The standard InChI is InChI=1S/C21H28N2O4/c1-25-19-8-4-3-7-18(19)23-13-11-22(12-14-23)15-17(24)16-27-21-10-6-5-9-20(21)26-2/h3-10,17,24H,11-16H2,1-2H3. The fraction of sp³-hybridized carbons (Fsp3) is 0.429. The lowest BCUT2D eigenvalue weighted by molar-refractivity contribution is 0.0653. The molecule has 6 heteroatoms. The summed E-state index contributed by atoms with van der Waals surface area (Å²) < 4.78 is 16.5. The molecule has 1 saturated heterocycles. The van der Waals surface area contributed by atoms with Crippen molar-refractivity contribution in [2.45, 2.75) is 6.10 Å². The summed E-state index contributed by atoms with van der Waals surface area (Å²) in [4.78, 5) is 4.59. The molecule has 3 rings (SSSR count). The molecule has 1 fully saturated rings. The number of hydrogen-bond donors (Lipinski definition) is 1. The highest BCUT2D eigenvalue weighted by atomic mass is 16.5. The van der Waals surface area contributed by atoms with Crippen LogP contribution in [-0.2, 0) is 0 Å². The SMILES string of the molecule is COc1ccccc1OCC(O)CN1CCN(c2ccccc2OC)CC1. The van der Waals surface area contributed by atoms with Crippen molar-refractivity contribution >= 4 is 5.69 Å². The van der Waals surface area contributed by atoms with Gasteiger partial charge in [-0.05, 0) is 24.3 Å². The van der Waals surface area contributed by atoms with E-state index in [1.807, 2.05) is 42.5 Å². The summed E-state index contributed by atoms with van der Waals surface area (Å²) in [6, 6.07) is 15.6. The number of benzene rings is 2. The molecule has 1 atom stereocenters. The van der Waals surface area contributed by atoms with Crippen LogP contribution in [0.25, 0.3) is 0 Å². The summed E-state index contributed by atoms with van der Waals surface area (Å²) in [6.45, 7) is 4.43. The average Bonchev–Trinajstić information content (AvgIpc) is 2.73. The molecular weight excluding hydrogens is 344 g/mol. The molecule has 1 unspecified atom stereocenters. The van der Waals surface area contributed by atoms with Crippen LogP contribution in [-0.4, -0.2) is 69.7 Å². The lowest BCUT2D eigenvalue weighted by Gasteiger charge is -2.37. The first-order chi connectivity index (χ1) is 13.2. The molecule has 0 aromatic heterocycles. The van der Waals surface area contributed by atoms with Crippen LogP contribution >= 0.6 is 0 Å². The Kier molecular flexibility index (Phi) is 6.79. The second-order valence-corrected chi connectivity index (χ2v) is 6.58. The quantitative estimate of drug-likeness (QED) is 0.767. The van der Waals surface area contributed by atoms with Crippen molar-refractivity contribution in [1.82, 2.24) is 4.90 Å². The van der Waals surface area contributed by atoms with E-state index in [0.29, 0.717) is 18.0 Å². The van der Waals surface area contributed by atoms with Gasteiger partial charge in [0, 0.05) is 32.7 Å². The van der Waals surface area contributed by atoms with Crippen LogP contribution in [0, 0.1) is 0 Å². The normalized spacial score (nSPS) is 16.0. The molecule has 0 saturated carbocycles. The van der Waals surface area contributed by atoms with Crippen molar-refractivity contribution in [3.8, 4) is 17.2 Å². The summed E-state index contributed by atoms with van der Waals surface area (Å²) in [5.74, 6) is 2.23. The number of anilines is 1. The Balaban J connectivity index is 1.46. The number of rotatable bonds is 8. The predicted octanol–water partition coefficient (Wildman–Crippen LogP) is 2.27. The van der Waals surface area contributed by atoms with E-state index < -0.39 is 6.10 Å². The fourth-order valence-corrected chi connectivity index (χ4v) is 3.34. The molecular formula is C21H28N2O4. The summed E-state index contributed by atoms with van der Waals surface area (Å²) in [7, 11) is 3.31. The summed E-state index contributed by atoms with van der Waals surface area (Å²) in [5, 5.41) is 10.4. The molecule has 1 aliphatic heterocycles. The first kappa shape index (κ1) is 19.3. The molecule has 1 heterocycles. The minimum absolute atomic E-state index is 0.243. The molecule has 0 aliphatic carbocycles. The van der Waals surface area contributed by atoms with Crippen LogP contribution in [0.3, 0.4) is 0 Å². The van der Waals surface area contributed by atoms with E-state index in [0.717, 1.165) is 37.6 Å². The van der Waals surface area contributed by atoms with Gasteiger partial charge in [-0.3, -0.25) is 4.90 Å². The Morgan fingerprint density at radius 3 is 2.11 bits per heavy atom. The van der Waals surface area contributed by atoms with Crippen LogP contribution in [0.2, 0.25) is 0 Å². The van der Waals surface area contributed by atoms with E-state index in [1.54, 1.807) is 14.2 Å². The van der Waals surface area contributed by atoms with Gasteiger partial charge < -0.3 is 24.2 Å². The number of aliphatic hydroxyl groups excluding tert-OH is 1. The van der Waals surface area contributed by atoms with Crippen molar-refractivity contribution < 1.29 is 19.3 Å². The monoisotopic (exact) mass is 372 g/mol. The number of aliphatic hydroxyl groups is 1.